The molecule has 18 heavy (non-hydrogen) atoms. The third-order valence-electron chi connectivity index (χ3n) is 3.34. The van der Waals surface area contributed by atoms with Gasteiger partial charge in [0.1, 0.15) is 5.75 Å². The van der Waals surface area contributed by atoms with Crippen LogP contribution in [0.3, 0.4) is 0 Å². The van der Waals surface area contributed by atoms with Crippen LogP contribution in [0.4, 0.5) is 14.5 Å². The summed E-state index contributed by atoms with van der Waals surface area (Å²) < 4.78 is 29.9. The van der Waals surface area contributed by atoms with E-state index in [9.17, 15) is 8.78 Å². The Morgan fingerprint density at radius 3 is 2.44 bits per heavy atom. The van der Waals surface area contributed by atoms with Crippen molar-refractivity contribution in [1.82, 2.24) is 4.90 Å². The summed E-state index contributed by atoms with van der Waals surface area (Å²) in [5.41, 5.74) is 8.77. The van der Waals surface area contributed by atoms with Crippen LogP contribution in [0.15, 0.2) is 12.1 Å². The summed E-state index contributed by atoms with van der Waals surface area (Å²) in [6.07, 6.45) is -0.750. The molecule has 0 atom stereocenters. The number of anilines is 1. The van der Waals surface area contributed by atoms with E-state index in [-0.39, 0.29) is 6.54 Å². The number of hydrogen-bond donors (Lipinski definition) is 1. The molecule has 1 aromatic rings. The highest BCUT2D eigenvalue weighted by Crippen LogP contribution is 2.28. The zero-order valence-corrected chi connectivity index (χ0v) is 10.5. The summed E-state index contributed by atoms with van der Waals surface area (Å²) in [7, 11) is 1.58. The molecule has 0 fully saturated rings. The quantitative estimate of drug-likeness (QED) is 0.840. The van der Waals surface area contributed by atoms with Crippen molar-refractivity contribution in [3.8, 4) is 5.75 Å². The number of nitrogen functional groups attached to an aromatic ring is 1. The van der Waals surface area contributed by atoms with Gasteiger partial charge in [-0.25, -0.2) is 8.78 Å². The van der Waals surface area contributed by atoms with Gasteiger partial charge in [-0.2, -0.15) is 0 Å². The van der Waals surface area contributed by atoms with Gasteiger partial charge in [0, 0.05) is 13.1 Å². The SMILES string of the molecule is COc1cc2c(cc1N)CCN(CC(F)F)CC2. The fourth-order valence-corrected chi connectivity index (χ4v) is 2.37. The lowest BCUT2D eigenvalue weighted by Crippen LogP contribution is -2.31. The maximum Gasteiger partial charge on any atom is 0.251 e. The minimum atomic E-state index is -2.27. The van der Waals surface area contributed by atoms with Crippen LogP contribution in [0.2, 0.25) is 0 Å². The minimum absolute atomic E-state index is 0.152. The molecule has 0 aromatic heterocycles. The third kappa shape index (κ3) is 2.90. The van der Waals surface area contributed by atoms with Gasteiger partial charge in [-0.1, -0.05) is 0 Å². The van der Waals surface area contributed by atoms with Crippen molar-refractivity contribution in [2.75, 3.05) is 32.5 Å². The Morgan fingerprint density at radius 1 is 1.28 bits per heavy atom. The molecule has 0 bridgehead atoms. The maximum absolute atomic E-state index is 12.4. The molecule has 0 radical (unpaired) electrons. The van der Waals surface area contributed by atoms with Gasteiger partial charge < -0.3 is 10.5 Å². The van der Waals surface area contributed by atoms with Crippen LogP contribution in [-0.2, 0) is 12.8 Å². The number of benzene rings is 1. The fraction of sp³-hybridized carbons (Fsp3) is 0.538. The fourth-order valence-electron chi connectivity index (χ4n) is 2.37. The molecular weight excluding hydrogens is 238 g/mol. The first-order chi connectivity index (χ1) is 8.60. The van der Waals surface area contributed by atoms with Crippen molar-refractivity contribution in [3.05, 3.63) is 23.3 Å². The van der Waals surface area contributed by atoms with Crippen molar-refractivity contribution in [2.45, 2.75) is 19.3 Å². The summed E-state index contributed by atoms with van der Waals surface area (Å²) in [6, 6.07) is 3.83. The molecule has 1 aromatic carbocycles. The lowest BCUT2D eigenvalue weighted by molar-refractivity contribution is 0.0904. The molecule has 1 aliphatic heterocycles. The van der Waals surface area contributed by atoms with E-state index in [1.807, 2.05) is 12.1 Å². The molecule has 2 rings (SSSR count). The summed E-state index contributed by atoms with van der Waals surface area (Å²) in [4.78, 5) is 1.80. The van der Waals surface area contributed by atoms with E-state index >= 15 is 0 Å². The largest absolute Gasteiger partial charge is 0.495 e. The molecule has 100 valence electrons. The van der Waals surface area contributed by atoms with Gasteiger partial charge in [0.15, 0.2) is 0 Å². The molecule has 2 N–H and O–H groups in total. The van der Waals surface area contributed by atoms with Crippen molar-refractivity contribution < 1.29 is 13.5 Å². The number of alkyl halides is 2. The van der Waals surface area contributed by atoms with Crippen LogP contribution >= 0.6 is 0 Å². The molecule has 0 amide bonds. The van der Waals surface area contributed by atoms with E-state index in [2.05, 4.69) is 0 Å². The average Bonchev–Trinajstić information content (AvgIpc) is 2.50. The predicted octanol–water partition coefficient (Wildman–Crippen LogP) is 1.94. The summed E-state index contributed by atoms with van der Waals surface area (Å²) in [5.74, 6) is 0.663. The van der Waals surface area contributed by atoms with Gasteiger partial charge in [-0.05, 0) is 36.1 Å². The van der Waals surface area contributed by atoms with Crippen LogP contribution in [0.5, 0.6) is 5.75 Å². The number of nitrogens with two attached hydrogens (primary N) is 1. The van der Waals surface area contributed by atoms with Gasteiger partial charge in [0.05, 0.1) is 19.3 Å². The topological polar surface area (TPSA) is 38.5 Å². The van der Waals surface area contributed by atoms with Crippen LogP contribution in [0.1, 0.15) is 11.1 Å². The smallest absolute Gasteiger partial charge is 0.251 e. The highest BCUT2D eigenvalue weighted by Gasteiger charge is 2.18. The van der Waals surface area contributed by atoms with Crippen molar-refractivity contribution in [2.24, 2.45) is 0 Å². The number of fused-ring (bicyclic) bond motifs is 1. The molecule has 1 heterocycles. The number of rotatable bonds is 3. The van der Waals surface area contributed by atoms with E-state index in [0.29, 0.717) is 24.5 Å². The maximum atomic E-state index is 12.4. The Morgan fingerprint density at radius 2 is 1.89 bits per heavy atom. The molecule has 1 aliphatic rings. The van der Waals surface area contributed by atoms with Crippen LogP contribution in [-0.4, -0.2) is 38.1 Å². The first kappa shape index (κ1) is 13.1. The lowest BCUT2D eigenvalue weighted by atomic mass is 10.0. The Bertz CT molecular complexity index is 424. The lowest BCUT2D eigenvalue weighted by Gasteiger charge is -2.18. The Kier molecular flexibility index (Phi) is 4.01. The van der Waals surface area contributed by atoms with Gasteiger partial charge in [0.2, 0.25) is 0 Å². The van der Waals surface area contributed by atoms with Gasteiger partial charge in [0.25, 0.3) is 6.43 Å². The van der Waals surface area contributed by atoms with Crippen molar-refractivity contribution in [3.63, 3.8) is 0 Å². The zero-order chi connectivity index (χ0) is 13.1. The Hall–Kier alpha value is -1.36. The molecule has 0 unspecified atom stereocenters. The summed E-state index contributed by atoms with van der Waals surface area (Å²) >= 11 is 0. The Balaban J connectivity index is 2.15. The monoisotopic (exact) mass is 256 g/mol. The predicted molar refractivity (Wildman–Crippen MR) is 67.3 cm³/mol. The third-order valence-corrected chi connectivity index (χ3v) is 3.34. The van der Waals surface area contributed by atoms with E-state index < -0.39 is 6.43 Å². The number of halogens is 2. The summed E-state index contributed by atoms with van der Waals surface area (Å²) in [5, 5.41) is 0. The van der Waals surface area contributed by atoms with E-state index in [1.54, 1.807) is 12.0 Å². The molecular formula is C13H18F2N2O. The molecule has 3 nitrogen and oxygen atoms in total. The Labute approximate surface area is 106 Å². The second-order valence-electron chi connectivity index (χ2n) is 4.55. The van der Waals surface area contributed by atoms with Crippen LogP contribution in [0.25, 0.3) is 0 Å². The van der Waals surface area contributed by atoms with Gasteiger partial charge in [-0.15, -0.1) is 0 Å². The standard InChI is InChI=1S/C13H18F2N2O/c1-18-12-7-10-3-5-17(8-13(14)15)4-2-9(10)6-11(12)16/h6-7,13H,2-5,8,16H2,1H3. The first-order valence-electron chi connectivity index (χ1n) is 6.06. The second kappa shape index (κ2) is 5.52. The number of hydrogen-bond acceptors (Lipinski definition) is 3. The first-order valence-corrected chi connectivity index (χ1v) is 6.06. The van der Waals surface area contributed by atoms with Crippen molar-refractivity contribution in [1.29, 1.82) is 0 Å². The number of ether oxygens (including phenoxy) is 1. The minimum Gasteiger partial charge on any atom is -0.495 e. The highest BCUT2D eigenvalue weighted by atomic mass is 19.3. The number of methoxy groups -OCH3 is 1. The molecule has 0 saturated carbocycles. The molecule has 5 heteroatoms. The van der Waals surface area contributed by atoms with Gasteiger partial charge in [-0.3, -0.25) is 4.90 Å². The number of nitrogens with zero attached hydrogens (tertiary/aromatic N) is 1. The second-order valence-corrected chi connectivity index (χ2v) is 4.55. The van der Waals surface area contributed by atoms with Crippen molar-refractivity contribution >= 4 is 5.69 Å². The summed E-state index contributed by atoms with van der Waals surface area (Å²) in [6.45, 7) is 1.16. The van der Waals surface area contributed by atoms with Crippen LogP contribution in [0, 0.1) is 0 Å². The normalized spacial score (nSPS) is 16.4. The van der Waals surface area contributed by atoms with Crippen LogP contribution < -0.4 is 10.5 Å². The average molecular weight is 256 g/mol. The van der Waals surface area contributed by atoms with E-state index in [4.69, 9.17) is 10.5 Å². The molecule has 0 saturated heterocycles. The van der Waals surface area contributed by atoms with E-state index in [1.165, 1.54) is 0 Å². The highest BCUT2D eigenvalue weighted by molar-refractivity contribution is 5.57. The molecule has 0 aliphatic carbocycles. The zero-order valence-electron chi connectivity index (χ0n) is 10.5. The van der Waals surface area contributed by atoms with Gasteiger partial charge >= 0.3 is 0 Å². The molecule has 0 spiro atoms. The van der Waals surface area contributed by atoms with E-state index in [0.717, 1.165) is 24.0 Å².